The lowest BCUT2D eigenvalue weighted by molar-refractivity contribution is 0.0901. The van der Waals surface area contributed by atoms with Crippen LogP contribution in [0.15, 0.2) is 18.2 Å². The maximum atomic E-state index is 12.4. The largest absolute Gasteiger partial charge is 0.490 e. The number of rotatable bonds is 6. The lowest BCUT2D eigenvalue weighted by Crippen LogP contribution is -2.42. The van der Waals surface area contributed by atoms with Crippen LogP contribution in [0.3, 0.4) is 0 Å². The van der Waals surface area contributed by atoms with Crippen LogP contribution in [0.25, 0.3) is 0 Å². The average Bonchev–Trinajstić information content (AvgIpc) is 2.38. The Bertz CT molecular complexity index is 463. The van der Waals surface area contributed by atoms with E-state index in [1.54, 1.807) is 18.2 Å². The molecule has 0 aliphatic heterocycles. The summed E-state index contributed by atoms with van der Waals surface area (Å²) in [6.07, 6.45) is 0. The third kappa shape index (κ3) is 3.97. The number of benzene rings is 1. The number of carbonyl (C=O) groups is 1. The summed E-state index contributed by atoms with van der Waals surface area (Å²) >= 11 is 0. The monoisotopic (exact) mass is 279 g/mol. The fourth-order valence-electron chi connectivity index (χ4n) is 1.78. The van der Waals surface area contributed by atoms with Gasteiger partial charge in [0.05, 0.1) is 19.3 Å². The molecule has 1 rings (SSSR count). The zero-order valence-electron chi connectivity index (χ0n) is 13.0. The van der Waals surface area contributed by atoms with Gasteiger partial charge in [-0.3, -0.25) is 4.79 Å². The van der Waals surface area contributed by atoms with E-state index in [0.29, 0.717) is 30.3 Å². The highest BCUT2D eigenvalue weighted by Gasteiger charge is 2.28. The molecule has 1 aromatic rings. The Morgan fingerprint density at radius 1 is 1.15 bits per heavy atom. The molecule has 0 aliphatic carbocycles. The van der Waals surface area contributed by atoms with Crippen LogP contribution < -0.4 is 15.2 Å². The third-order valence-electron chi connectivity index (χ3n) is 3.04. The predicted molar refractivity (Wildman–Crippen MR) is 80.5 cm³/mol. The maximum Gasteiger partial charge on any atom is 0.180 e. The van der Waals surface area contributed by atoms with Gasteiger partial charge in [0.25, 0.3) is 0 Å². The molecule has 4 heteroatoms. The zero-order valence-corrected chi connectivity index (χ0v) is 13.0. The zero-order chi connectivity index (χ0) is 15.3. The highest BCUT2D eigenvalue weighted by molar-refractivity contribution is 6.01. The molecule has 0 spiro atoms. The van der Waals surface area contributed by atoms with Crippen LogP contribution >= 0.6 is 0 Å². The molecule has 112 valence electrons. The SMILES string of the molecule is CCOc1ccc(C(=O)C(N)C(C)(C)C)cc1OCC. The number of Topliss-reactive ketones (excluding diaryl/α,β-unsaturated/α-hetero) is 1. The third-order valence-corrected chi connectivity index (χ3v) is 3.04. The summed E-state index contributed by atoms with van der Waals surface area (Å²) in [4.78, 5) is 12.4. The molecule has 0 bridgehead atoms. The van der Waals surface area contributed by atoms with E-state index in [1.165, 1.54) is 0 Å². The van der Waals surface area contributed by atoms with Crippen molar-refractivity contribution in [3.63, 3.8) is 0 Å². The van der Waals surface area contributed by atoms with Crippen LogP contribution in [0.2, 0.25) is 0 Å². The fourth-order valence-corrected chi connectivity index (χ4v) is 1.78. The fraction of sp³-hybridized carbons (Fsp3) is 0.562. The smallest absolute Gasteiger partial charge is 0.180 e. The quantitative estimate of drug-likeness (QED) is 0.813. The van der Waals surface area contributed by atoms with Gasteiger partial charge in [-0.1, -0.05) is 20.8 Å². The number of ether oxygens (including phenoxy) is 2. The summed E-state index contributed by atoms with van der Waals surface area (Å²) in [7, 11) is 0. The van der Waals surface area contributed by atoms with Crippen molar-refractivity contribution in [2.75, 3.05) is 13.2 Å². The molecule has 0 radical (unpaired) electrons. The summed E-state index contributed by atoms with van der Waals surface area (Å²) in [6.45, 7) is 10.7. The summed E-state index contributed by atoms with van der Waals surface area (Å²) in [5.74, 6) is 1.15. The van der Waals surface area contributed by atoms with E-state index in [0.717, 1.165) is 0 Å². The van der Waals surface area contributed by atoms with E-state index in [4.69, 9.17) is 15.2 Å². The van der Waals surface area contributed by atoms with Crippen molar-refractivity contribution < 1.29 is 14.3 Å². The van der Waals surface area contributed by atoms with Crippen molar-refractivity contribution in [3.05, 3.63) is 23.8 Å². The number of carbonyl (C=O) groups excluding carboxylic acids is 1. The molecule has 0 amide bonds. The van der Waals surface area contributed by atoms with Crippen LogP contribution in [0.4, 0.5) is 0 Å². The topological polar surface area (TPSA) is 61.5 Å². The Kier molecular flexibility index (Phi) is 5.57. The van der Waals surface area contributed by atoms with Crippen LogP contribution in [-0.4, -0.2) is 25.0 Å². The minimum absolute atomic E-state index is 0.0819. The molecule has 1 aromatic carbocycles. The number of ketones is 1. The first-order valence-corrected chi connectivity index (χ1v) is 7.00. The van der Waals surface area contributed by atoms with E-state index >= 15 is 0 Å². The summed E-state index contributed by atoms with van der Waals surface area (Å²) < 4.78 is 11.0. The van der Waals surface area contributed by atoms with Gasteiger partial charge in [-0.25, -0.2) is 0 Å². The predicted octanol–water partition coefficient (Wildman–Crippen LogP) is 3.04. The highest BCUT2D eigenvalue weighted by Crippen LogP contribution is 2.30. The van der Waals surface area contributed by atoms with E-state index in [1.807, 2.05) is 34.6 Å². The molecule has 1 atom stereocenters. The molecule has 0 fully saturated rings. The first-order chi connectivity index (χ1) is 9.31. The van der Waals surface area contributed by atoms with Crippen molar-refractivity contribution in [3.8, 4) is 11.5 Å². The van der Waals surface area contributed by atoms with Crippen LogP contribution in [-0.2, 0) is 0 Å². The lowest BCUT2D eigenvalue weighted by Gasteiger charge is -2.26. The molecule has 0 saturated carbocycles. The van der Waals surface area contributed by atoms with Gasteiger partial charge in [-0.05, 0) is 37.5 Å². The molecule has 0 saturated heterocycles. The average molecular weight is 279 g/mol. The second kappa shape index (κ2) is 6.75. The number of hydrogen-bond acceptors (Lipinski definition) is 4. The molecule has 0 aliphatic rings. The molecule has 2 N–H and O–H groups in total. The van der Waals surface area contributed by atoms with E-state index in [-0.39, 0.29) is 11.2 Å². The maximum absolute atomic E-state index is 12.4. The number of nitrogens with two attached hydrogens (primary N) is 1. The van der Waals surface area contributed by atoms with Crippen LogP contribution in [0.1, 0.15) is 45.0 Å². The van der Waals surface area contributed by atoms with Gasteiger partial charge >= 0.3 is 0 Å². The second-order valence-electron chi connectivity index (χ2n) is 5.74. The molecule has 4 nitrogen and oxygen atoms in total. The van der Waals surface area contributed by atoms with Crippen molar-refractivity contribution in [1.82, 2.24) is 0 Å². The van der Waals surface area contributed by atoms with Gasteiger partial charge in [-0.15, -0.1) is 0 Å². The van der Waals surface area contributed by atoms with Crippen LogP contribution in [0, 0.1) is 5.41 Å². The minimum Gasteiger partial charge on any atom is -0.490 e. The summed E-state index contributed by atoms with van der Waals surface area (Å²) in [5, 5.41) is 0. The molecule has 20 heavy (non-hydrogen) atoms. The van der Waals surface area contributed by atoms with E-state index < -0.39 is 6.04 Å². The summed E-state index contributed by atoms with van der Waals surface area (Å²) in [6, 6.07) is 4.66. The normalized spacial score (nSPS) is 12.9. The Balaban J connectivity index is 3.08. The van der Waals surface area contributed by atoms with Crippen molar-refractivity contribution in [2.24, 2.45) is 11.1 Å². The van der Waals surface area contributed by atoms with Gasteiger partial charge in [0, 0.05) is 5.56 Å². The second-order valence-corrected chi connectivity index (χ2v) is 5.74. The first-order valence-electron chi connectivity index (χ1n) is 7.00. The lowest BCUT2D eigenvalue weighted by atomic mass is 9.83. The Labute approximate surface area is 121 Å². The molecule has 0 aromatic heterocycles. The van der Waals surface area contributed by atoms with Gasteiger partial charge in [0.15, 0.2) is 17.3 Å². The van der Waals surface area contributed by atoms with Crippen LogP contribution in [0.5, 0.6) is 11.5 Å². The Morgan fingerprint density at radius 3 is 2.20 bits per heavy atom. The Hall–Kier alpha value is -1.55. The molecular formula is C16H25NO3. The van der Waals surface area contributed by atoms with Gasteiger partial charge in [0.1, 0.15) is 0 Å². The van der Waals surface area contributed by atoms with Crippen molar-refractivity contribution in [1.29, 1.82) is 0 Å². The summed E-state index contributed by atoms with van der Waals surface area (Å²) in [5.41, 5.74) is 6.30. The first kappa shape index (κ1) is 16.5. The van der Waals surface area contributed by atoms with Crippen molar-refractivity contribution >= 4 is 5.78 Å². The number of hydrogen-bond donors (Lipinski definition) is 1. The van der Waals surface area contributed by atoms with Gasteiger partial charge < -0.3 is 15.2 Å². The minimum atomic E-state index is -0.546. The van der Waals surface area contributed by atoms with E-state index in [9.17, 15) is 4.79 Å². The van der Waals surface area contributed by atoms with Crippen molar-refractivity contribution in [2.45, 2.75) is 40.7 Å². The molecular weight excluding hydrogens is 254 g/mol. The van der Waals surface area contributed by atoms with Gasteiger partial charge in [-0.2, -0.15) is 0 Å². The standard InChI is InChI=1S/C16H25NO3/c1-6-19-12-9-8-11(10-13(12)20-7-2)14(18)15(17)16(3,4)5/h8-10,15H,6-7,17H2,1-5H3. The molecule has 0 heterocycles. The Morgan fingerprint density at radius 2 is 1.70 bits per heavy atom. The van der Waals surface area contributed by atoms with Gasteiger partial charge in [0.2, 0.25) is 0 Å². The molecule has 1 unspecified atom stereocenters. The highest BCUT2D eigenvalue weighted by atomic mass is 16.5. The van der Waals surface area contributed by atoms with E-state index in [2.05, 4.69) is 0 Å².